The van der Waals surface area contributed by atoms with E-state index in [1.165, 1.54) is 17.4 Å². The normalized spacial score (nSPS) is 10.6. The number of carbonyl (C=O) groups is 1. The van der Waals surface area contributed by atoms with Crippen molar-refractivity contribution in [3.63, 3.8) is 0 Å². The van der Waals surface area contributed by atoms with E-state index in [2.05, 4.69) is 10.3 Å². The standard InChI is InChI=1S/C13H15ClN4OS/c1-3-10-6(2)20-13(17-10)18-11-8(12(16)19)4-7(15)5-9(11)14/h4-5H,3,15H2,1-2H3,(H2,16,19)(H,17,18). The van der Waals surface area contributed by atoms with Crippen LogP contribution in [0.2, 0.25) is 5.02 Å². The monoisotopic (exact) mass is 310 g/mol. The molecule has 0 aliphatic carbocycles. The average molecular weight is 311 g/mol. The van der Waals surface area contributed by atoms with Crippen LogP contribution in [-0.2, 0) is 6.42 Å². The van der Waals surface area contributed by atoms with Crippen LogP contribution in [0, 0.1) is 6.92 Å². The molecule has 0 bridgehead atoms. The number of anilines is 3. The number of halogens is 1. The van der Waals surface area contributed by atoms with Crippen molar-refractivity contribution in [3.05, 3.63) is 33.3 Å². The first-order valence-electron chi connectivity index (χ1n) is 6.04. The predicted molar refractivity (Wildman–Crippen MR) is 83.9 cm³/mol. The van der Waals surface area contributed by atoms with Gasteiger partial charge in [-0.15, -0.1) is 11.3 Å². The van der Waals surface area contributed by atoms with Gasteiger partial charge < -0.3 is 16.8 Å². The van der Waals surface area contributed by atoms with Gasteiger partial charge in [0.2, 0.25) is 0 Å². The highest BCUT2D eigenvalue weighted by Gasteiger charge is 2.15. The number of thiazole rings is 1. The van der Waals surface area contributed by atoms with Crippen LogP contribution < -0.4 is 16.8 Å². The molecule has 0 saturated carbocycles. The quantitative estimate of drug-likeness (QED) is 0.756. The number of primary amides is 1. The molecule has 106 valence electrons. The number of benzene rings is 1. The first-order chi connectivity index (χ1) is 9.42. The molecule has 0 aliphatic heterocycles. The van der Waals surface area contributed by atoms with E-state index in [-0.39, 0.29) is 5.56 Å². The highest BCUT2D eigenvalue weighted by atomic mass is 35.5. The van der Waals surface area contributed by atoms with Crippen LogP contribution in [0.4, 0.5) is 16.5 Å². The van der Waals surface area contributed by atoms with E-state index in [4.69, 9.17) is 23.1 Å². The lowest BCUT2D eigenvalue weighted by Gasteiger charge is -2.11. The smallest absolute Gasteiger partial charge is 0.250 e. The minimum absolute atomic E-state index is 0.251. The summed E-state index contributed by atoms with van der Waals surface area (Å²) in [5, 5.41) is 4.08. The molecular weight excluding hydrogens is 296 g/mol. The van der Waals surface area contributed by atoms with Crippen molar-refractivity contribution in [1.82, 2.24) is 4.98 Å². The number of nitrogens with two attached hydrogens (primary N) is 2. The molecule has 5 N–H and O–H groups in total. The van der Waals surface area contributed by atoms with Crippen LogP contribution >= 0.6 is 22.9 Å². The molecule has 2 aromatic rings. The van der Waals surface area contributed by atoms with Gasteiger partial charge in [0, 0.05) is 10.6 Å². The van der Waals surface area contributed by atoms with Crippen LogP contribution in [0.3, 0.4) is 0 Å². The molecular formula is C13H15ClN4OS. The van der Waals surface area contributed by atoms with Crippen molar-refractivity contribution in [2.75, 3.05) is 11.1 Å². The molecule has 0 unspecified atom stereocenters. The third kappa shape index (κ3) is 2.86. The van der Waals surface area contributed by atoms with Crippen molar-refractivity contribution in [2.24, 2.45) is 5.73 Å². The first-order valence-corrected chi connectivity index (χ1v) is 7.24. The number of hydrogen-bond acceptors (Lipinski definition) is 5. The zero-order chi connectivity index (χ0) is 14.9. The second kappa shape index (κ2) is 5.68. The zero-order valence-corrected chi connectivity index (χ0v) is 12.7. The number of hydrogen-bond donors (Lipinski definition) is 3. The minimum atomic E-state index is -0.592. The predicted octanol–water partition coefficient (Wildman–Crippen LogP) is 3.09. The van der Waals surface area contributed by atoms with Gasteiger partial charge in [0.05, 0.1) is 22.0 Å². The van der Waals surface area contributed by atoms with Gasteiger partial charge in [-0.1, -0.05) is 18.5 Å². The van der Waals surface area contributed by atoms with Crippen molar-refractivity contribution in [1.29, 1.82) is 0 Å². The summed E-state index contributed by atoms with van der Waals surface area (Å²) in [6.45, 7) is 4.04. The van der Waals surface area contributed by atoms with Crippen LogP contribution in [-0.4, -0.2) is 10.9 Å². The van der Waals surface area contributed by atoms with Crippen LogP contribution in [0.25, 0.3) is 0 Å². The summed E-state index contributed by atoms with van der Waals surface area (Å²) in [5.41, 5.74) is 13.1. The van der Waals surface area contributed by atoms with E-state index < -0.39 is 5.91 Å². The average Bonchev–Trinajstić information content (AvgIpc) is 2.72. The summed E-state index contributed by atoms with van der Waals surface area (Å²) in [6.07, 6.45) is 0.849. The summed E-state index contributed by atoms with van der Waals surface area (Å²) in [5.74, 6) is -0.592. The topological polar surface area (TPSA) is 94.0 Å². The van der Waals surface area contributed by atoms with E-state index in [0.29, 0.717) is 21.5 Å². The summed E-state index contributed by atoms with van der Waals surface area (Å²) in [4.78, 5) is 17.1. The Labute approximate surface area is 126 Å². The van der Waals surface area contributed by atoms with E-state index in [0.717, 1.165) is 17.0 Å². The molecule has 0 saturated heterocycles. The van der Waals surface area contributed by atoms with Crippen molar-refractivity contribution in [2.45, 2.75) is 20.3 Å². The Kier molecular flexibility index (Phi) is 4.15. The molecule has 1 aromatic carbocycles. The van der Waals surface area contributed by atoms with Gasteiger partial charge in [-0.25, -0.2) is 4.98 Å². The Balaban J connectivity index is 2.44. The number of aryl methyl sites for hydroxylation is 2. The zero-order valence-electron chi connectivity index (χ0n) is 11.2. The number of amides is 1. The van der Waals surface area contributed by atoms with Gasteiger partial charge in [0.15, 0.2) is 5.13 Å². The molecule has 1 heterocycles. The molecule has 1 aromatic heterocycles. The lowest BCUT2D eigenvalue weighted by molar-refractivity contribution is 0.100. The largest absolute Gasteiger partial charge is 0.399 e. The second-order valence-corrected chi connectivity index (χ2v) is 5.90. The lowest BCUT2D eigenvalue weighted by Crippen LogP contribution is -2.14. The number of rotatable bonds is 4. The molecule has 20 heavy (non-hydrogen) atoms. The fraction of sp³-hybridized carbons (Fsp3) is 0.231. The number of carbonyl (C=O) groups excluding carboxylic acids is 1. The van der Waals surface area contributed by atoms with Crippen molar-refractivity contribution >= 4 is 45.4 Å². The van der Waals surface area contributed by atoms with Crippen molar-refractivity contribution in [3.8, 4) is 0 Å². The van der Waals surface area contributed by atoms with Gasteiger partial charge in [0.25, 0.3) is 5.91 Å². The Bertz CT molecular complexity index is 669. The summed E-state index contributed by atoms with van der Waals surface area (Å²) in [6, 6.07) is 3.06. The molecule has 1 amide bonds. The van der Waals surface area contributed by atoms with Crippen molar-refractivity contribution < 1.29 is 4.79 Å². The Morgan fingerprint density at radius 3 is 2.75 bits per heavy atom. The molecule has 2 rings (SSSR count). The number of nitrogen functional groups attached to an aromatic ring is 1. The Morgan fingerprint density at radius 1 is 1.50 bits per heavy atom. The third-order valence-electron chi connectivity index (χ3n) is 2.84. The van der Waals surface area contributed by atoms with Crippen LogP contribution in [0.5, 0.6) is 0 Å². The molecule has 0 spiro atoms. The highest BCUT2D eigenvalue weighted by Crippen LogP contribution is 2.33. The Morgan fingerprint density at radius 2 is 2.20 bits per heavy atom. The second-order valence-electron chi connectivity index (χ2n) is 4.29. The number of nitrogens with zero attached hydrogens (tertiary/aromatic N) is 1. The Hall–Kier alpha value is -1.79. The lowest BCUT2D eigenvalue weighted by atomic mass is 10.1. The van der Waals surface area contributed by atoms with Crippen LogP contribution in [0.15, 0.2) is 12.1 Å². The molecule has 0 atom stereocenters. The van der Waals surface area contributed by atoms with Gasteiger partial charge in [-0.2, -0.15) is 0 Å². The van der Waals surface area contributed by atoms with Crippen LogP contribution in [0.1, 0.15) is 27.9 Å². The molecule has 0 aliphatic rings. The SMILES string of the molecule is CCc1nc(Nc2c(Cl)cc(N)cc2C(N)=O)sc1C. The molecule has 7 heteroatoms. The molecule has 0 radical (unpaired) electrons. The summed E-state index contributed by atoms with van der Waals surface area (Å²) >= 11 is 7.64. The van der Waals surface area contributed by atoms with E-state index >= 15 is 0 Å². The maximum Gasteiger partial charge on any atom is 0.250 e. The highest BCUT2D eigenvalue weighted by molar-refractivity contribution is 7.15. The third-order valence-corrected chi connectivity index (χ3v) is 4.06. The fourth-order valence-electron chi connectivity index (χ4n) is 1.87. The van der Waals surface area contributed by atoms with Gasteiger partial charge in [-0.3, -0.25) is 4.79 Å². The molecule has 0 fully saturated rings. The first kappa shape index (κ1) is 14.6. The number of aromatic nitrogens is 1. The number of nitrogens with one attached hydrogen (secondary N) is 1. The summed E-state index contributed by atoms with van der Waals surface area (Å²) in [7, 11) is 0. The maximum atomic E-state index is 11.5. The van der Waals surface area contributed by atoms with E-state index in [1.54, 1.807) is 6.07 Å². The van der Waals surface area contributed by atoms with E-state index in [9.17, 15) is 4.79 Å². The molecule has 5 nitrogen and oxygen atoms in total. The maximum absolute atomic E-state index is 11.5. The summed E-state index contributed by atoms with van der Waals surface area (Å²) < 4.78 is 0. The van der Waals surface area contributed by atoms with Gasteiger partial charge in [0.1, 0.15) is 0 Å². The van der Waals surface area contributed by atoms with Gasteiger partial charge in [-0.05, 0) is 25.5 Å². The minimum Gasteiger partial charge on any atom is -0.399 e. The van der Waals surface area contributed by atoms with E-state index in [1.807, 2.05) is 13.8 Å². The van der Waals surface area contributed by atoms with Gasteiger partial charge >= 0.3 is 0 Å². The fourth-order valence-corrected chi connectivity index (χ4v) is 3.05.